The van der Waals surface area contributed by atoms with Crippen LogP contribution in [0.4, 0.5) is 10.2 Å². The van der Waals surface area contributed by atoms with Gasteiger partial charge < -0.3 is 5.73 Å². The summed E-state index contributed by atoms with van der Waals surface area (Å²) in [6.45, 7) is 1.87. The number of aromatic nitrogens is 1. The van der Waals surface area contributed by atoms with Gasteiger partial charge in [-0.05, 0) is 19.1 Å². The molecule has 2 aromatic rings. The molecular weight excluding hydrogens is 267 g/mol. The molecule has 0 saturated carbocycles. The Morgan fingerprint density at radius 2 is 2.05 bits per heavy atom. The fourth-order valence-electron chi connectivity index (χ4n) is 1.93. The van der Waals surface area contributed by atoms with Crippen LogP contribution < -0.4 is 17.0 Å². The normalized spacial score (nSPS) is 12.4. The molecule has 6 heteroatoms. The minimum absolute atomic E-state index is 0.258. The Morgan fingerprint density at radius 1 is 1.32 bits per heavy atom. The lowest BCUT2D eigenvalue weighted by Crippen LogP contribution is -2.30. The molecule has 0 spiro atoms. The first-order chi connectivity index (χ1) is 9.02. The largest absolute Gasteiger partial charge is 0.383 e. The number of rotatable bonds is 3. The van der Waals surface area contributed by atoms with E-state index in [1.54, 1.807) is 18.2 Å². The topological polar surface area (TPSA) is 77.0 Å². The summed E-state index contributed by atoms with van der Waals surface area (Å²) in [5.41, 5.74) is 10.2. The Hall–Kier alpha value is -1.69. The third kappa shape index (κ3) is 2.84. The van der Waals surface area contributed by atoms with Gasteiger partial charge in [-0.1, -0.05) is 29.3 Å². The molecule has 0 saturated heterocycles. The van der Waals surface area contributed by atoms with Crippen molar-refractivity contribution in [3.05, 3.63) is 58.0 Å². The molecule has 0 radical (unpaired) electrons. The van der Waals surface area contributed by atoms with Crippen molar-refractivity contribution in [2.24, 2.45) is 5.84 Å². The number of hydrogen-bond acceptors (Lipinski definition) is 4. The number of nitrogens with zero attached hydrogens (tertiary/aromatic N) is 1. The van der Waals surface area contributed by atoms with Crippen molar-refractivity contribution >= 4 is 17.4 Å². The SMILES string of the molecule is Cc1ccc(F)c(C(NN)c2cc(Cl)cnc2N)c1. The molecule has 1 atom stereocenters. The molecule has 0 fully saturated rings. The number of hydrazine groups is 1. The van der Waals surface area contributed by atoms with Gasteiger partial charge in [-0.3, -0.25) is 5.84 Å². The van der Waals surface area contributed by atoms with Gasteiger partial charge in [0.25, 0.3) is 0 Å². The lowest BCUT2D eigenvalue weighted by molar-refractivity contribution is 0.559. The first-order valence-electron chi connectivity index (χ1n) is 5.66. The molecule has 0 aliphatic carbocycles. The fourth-order valence-corrected chi connectivity index (χ4v) is 2.09. The number of pyridine rings is 1. The maximum absolute atomic E-state index is 13.9. The number of nitrogen functional groups attached to an aromatic ring is 1. The van der Waals surface area contributed by atoms with E-state index in [0.29, 0.717) is 16.1 Å². The van der Waals surface area contributed by atoms with Crippen LogP contribution in [0.5, 0.6) is 0 Å². The Bertz CT molecular complexity index is 552. The minimum atomic E-state index is -0.605. The summed E-state index contributed by atoms with van der Waals surface area (Å²) in [6, 6.07) is 5.80. The van der Waals surface area contributed by atoms with E-state index in [2.05, 4.69) is 10.4 Å². The summed E-state index contributed by atoms with van der Waals surface area (Å²) in [7, 11) is 0. The van der Waals surface area contributed by atoms with E-state index in [9.17, 15) is 4.39 Å². The summed E-state index contributed by atoms with van der Waals surface area (Å²) >= 11 is 5.90. The maximum Gasteiger partial charge on any atom is 0.128 e. The third-order valence-corrected chi connectivity index (χ3v) is 3.06. The van der Waals surface area contributed by atoms with Gasteiger partial charge in [0.2, 0.25) is 0 Å². The van der Waals surface area contributed by atoms with Crippen LogP contribution >= 0.6 is 11.6 Å². The van der Waals surface area contributed by atoms with Crippen LogP contribution in [0.1, 0.15) is 22.7 Å². The van der Waals surface area contributed by atoms with Crippen molar-refractivity contribution in [3.63, 3.8) is 0 Å². The lowest BCUT2D eigenvalue weighted by atomic mass is 9.98. The van der Waals surface area contributed by atoms with E-state index in [4.69, 9.17) is 23.2 Å². The highest BCUT2D eigenvalue weighted by Crippen LogP contribution is 2.29. The van der Waals surface area contributed by atoms with Crippen molar-refractivity contribution in [2.75, 3.05) is 5.73 Å². The monoisotopic (exact) mass is 280 g/mol. The van der Waals surface area contributed by atoms with Gasteiger partial charge in [-0.25, -0.2) is 14.8 Å². The highest BCUT2D eigenvalue weighted by atomic mass is 35.5. The number of nitrogens with two attached hydrogens (primary N) is 2. The highest BCUT2D eigenvalue weighted by Gasteiger charge is 2.20. The standard InChI is InChI=1S/C13H14ClFN4/c1-7-2-3-11(15)9(4-7)12(19-17)10-5-8(14)6-18-13(10)16/h2-6,12,19H,17H2,1H3,(H2,16,18). The molecule has 2 rings (SSSR count). The van der Waals surface area contributed by atoms with Crippen LogP contribution in [-0.4, -0.2) is 4.98 Å². The smallest absolute Gasteiger partial charge is 0.128 e. The average molecular weight is 281 g/mol. The summed E-state index contributed by atoms with van der Waals surface area (Å²) in [5, 5.41) is 0.414. The molecule has 100 valence electrons. The van der Waals surface area contributed by atoms with Crippen molar-refractivity contribution in [2.45, 2.75) is 13.0 Å². The van der Waals surface area contributed by atoms with Gasteiger partial charge in [0, 0.05) is 17.3 Å². The van der Waals surface area contributed by atoms with Crippen LogP contribution in [0.3, 0.4) is 0 Å². The van der Waals surface area contributed by atoms with Crippen LogP contribution in [0.2, 0.25) is 5.02 Å². The van der Waals surface area contributed by atoms with E-state index in [-0.39, 0.29) is 11.6 Å². The second-order valence-corrected chi connectivity index (χ2v) is 4.69. The average Bonchev–Trinajstić information content (AvgIpc) is 2.38. The van der Waals surface area contributed by atoms with Gasteiger partial charge in [0.1, 0.15) is 11.6 Å². The molecule has 0 aliphatic rings. The van der Waals surface area contributed by atoms with Gasteiger partial charge in [-0.15, -0.1) is 0 Å². The van der Waals surface area contributed by atoms with Gasteiger partial charge >= 0.3 is 0 Å². The van der Waals surface area contributed by atoms with Crippen molar-refractivity contribution in [3.8, 4) is 0 Å². The second kappa shape index (κ2) is 5.52. The Kier molecular flexibility index (Phi) is 3.99. The third-order valence-electron chi connectivity index (χ3n) is 2.86. The molecule has 1 aromatic carbocycles. The number of anilines is 1. The summed E-state index contributed by atoms with van der Waals surface area (Å²) in [5.74, 6) is 5.42. The zero-order valence-corrected chi connectivity index (χ0v) is 11.1. The second-order valence-electron chi connectivity index (χ2n) is 4.25. The molecule has 0 bridgehead atoms. The molecule has 1 aromatic heterocycles. The first-order valence-corrected chi connectivity index (χ1v) is 6.04. The zero-order valence-electron chi connectivity index (χ0n) is 10.3. The number of hydrogen-bond donors (Lipinski definition) is 3. The van der Waals surface area contributed by atoms with E-state index in [1.165, 1.54) is 12.3 Å². The van der Waals surface area contributed by atoms with Crippen LogP contribution in [0.25, 0.3) is 0 Å². The van der Waals surface area contributed by atoms with Crippen molar-refractivity contribution < 1.29 is 4.39 Å². The van der Waals surface area contributed by atoms with Crippen LogP contribution in [0, 0.1) is 12.7 Å². The Morgan fingerprint density at radius 3 is 2.74 bits per heavy atom. The van der Waals surface area contributed by atoms with Gasteiger partial charge in [0.05, 0.1) is 11.1 Å². The van der Waals surface area contributed by atoms with Crippen LogP contribution in [0.15, 0.2) is 30.5 Å². The fraction of sp³-hybridized carbons (Fsp3) is 0.154. The summed E-state index contributed by atoms with van der Waals surface area (Å²) in [6.07, 6.45) is 1.43. The van der Waals surface area contributed by atoms with E-state index < -0.39 is 6.04 Å². The molecule has 0 amide bonds. The summed E-state index contributed by atoms with van der Waals surface area (Å²) in [4.78, 5) is 3.95. The molecule has 4 nitrogen and oxygen atoms in total. The van der Waals surface area contributed by atoms with Crippen molar-refractivity contribution in [1.82, 2.24) is 10.4 Å². The number of aryl methyl sites for hydroxylation is 1. The molecular formula is C13H14ClFN4. The van der Waals surface area contributed by atoms with E-state index >= 15 is 0 Å². The van der Waals surface area contributed by atoms with Crippen molar-refractivity contribution in [1.29, 1.82) is 0 Å². The summed E-state index contributed by atoms with van der Waals surface area (Å²) < 4.78 is 13.9. The zero-order chi connectivity index (χ0) is 14.0. The first kappa shape index (κ1) is 13.7. The lowest BCUT2D eigenvalue weighted by Gasteiger charge is -2.19. The minimum Gasteiger partial charge on any atom is -0.383 e. The quantitative estimate of drug-likeness (QED) is 0.596. The molecule has 0 aliphatic heterocycles. The predicted molar refractivity (Wildman–Crippen MR) is 74.0 cm³/mol. The number of halogens is 2. The van der Waals surface area contributed by atoms with E-state index in [1.807, 2.05) is 6.92 Å². The molecule has 19 heavy (non-hydrogen) atoms. The van der Waals surface area contributed by atoms with Gasteiger partial charge in [0.15, 0.2) is 0 Å². The molecule has 1 unspecified atom stereocenters. The van der Waals surface area contributed by atoms with Crippen LogP contribution in [-0.2, 0) is 0 Å². The highest BCUT2D eigenvalue weighted by molar-refractivity contribution is 6.30. The maximum atomic E-state index is 13.9. The molecule has 5 N–H and O–H groups in total. The Labute approximate surface area is 115 Å². The van der Waals surface area contributed by atoms with Gasteiger partial charge in [-0.2, -0.15) is 0 Å². The predicted octanol–water partition coefficient (Wildman–Crippen LogP) is 2.32. The Balaban J connectivity index is 2.55. The number of benzene rings is 1. The number of nitrogens with one attached hydrogen (secondary N) is 1. The molecule has 1 heterocycles. The van der Waals surface area contributed by atoms with E-state index in [0.717, 1.165) is 5.56 Å².